The number of halogens is 1. The van der Waals surface area contributed by atoms with Crippen LogP contribution >= 0.6 is 15.9 Å². The number of hydrogen-bond acceptors (Lipinski definition) is 4. The third-order valence-electron chi connectivity index (χ3n) is 2.72. The van der Waals surface area contributed by atoms with Crippen LogP contribution in [0.2, 0.25) is 0 Å². The third-order valence-corrected chi connectivity index (χ3v) is 3.25. The predicted molar refractivity (Wildman–Crippen MR) is 84.2 cm³/mol. The molecule has 0 radical (unpaired) electrons. The summed E-state index contributed by atoms with van der Waals surface area (Å²) < 4.78 is 5.97. The quantitative estimate of drug-likeness (QED) is 0.656. The van der Waals surface area contributed by atoms with Crippen LogP contribution < -0.4 is 11.1 Å². The van der Waals surface area contributed by atoms with Gasteiger partial charge in [-0.2, -0.15) is 0 Å². The Morgan fingerprint density at radius 3 is 2.60 bits per heavy atom. The fourth-order valence-corrected chi connectivity index (χ4v) is 2.01. The molecule has 0 fully saturated rings. The van der Waals surface area contributed by atoms with E-state index in [0.717, 1.165) is 10.2 Å². The monoisotopic (exact) mass is 334 g/mol. The second-order valence-corrected chi connectivity index (χ2v) is 5.03. The number of esters is 1. The van der Waals surface area contributed by atoms with Crippen LogP contribution in [-0.4, -0.2) is 12.6 Å². The summed E-state index contributed by atoms with van der Waals surface area (Å²) in [6, 6.07) is 12.9. The van der Waals surface area contributed by atoms with Gasteiger partial charge in [-0.15, -0.1) is 0 Å². The highest BCUT2D eigenvalue weighted by molar-refractivity contribution is 9.10. The van der Waals surface area contributed by atoms with Crippen molar-refractivity contribution in [1.82, 2.24) is 0 Å². The summed E-state index contributed by atoms with van der Waals surface area (Å²) in [6.45, 7) is 2.08. The summed E-state index contributed by atoms with van der Waals surface area (Å²) >= 11 is 3.38. The van der Waals surface area contributed by atoms with Crippen LogP contribution in [0.1, 0.15) is 17.3 Å². The zero-order chi connectivity index (χ0) is 14.5. The molecular formula is C15H15BrN2O2. The van der Waals surface area contributed by atoms with Crippen LogP contribution in [0.3, 0.4) is 0 Å². The molecule has 0 heterocycles. The van der Waals surface area contributed by atoms with Crippen molar-refractivity contribution in [3.63, 3.8) is 0 Å². The van der Waals surface area contributed by atoms with E-state index in [0.29, 0.717) is 23.5 Å². The Balaban J connectivity index is 2.26. The summed E-state index contributed by atoms with van der Waals surface area (Å²) in [6.07, 6.45) is 0. The molecule has 3 N–H and O–H groups in total. The topological polar surface area (TPSA) is 64.3 Å². The van der Waals surface area contributed by atoms with Crippen LogP contribution in [0, 0.1) is 0 Å². The third kappa shape index (κ3) is 3.30. The first-order chi connectivity index (χ1) is 9.61. The highest BCUT2D eigenvalue weighted by Gasteiger charge is 2.13. The molecule has 2 aromatic carbocycles. The second kappa shape index (κ2) is 6.43. The Labute approximate surface area is 126 Å². The van der Waals surface area contributed by atoms with Gasteiger partial charge in [0.15, 0.2) is 0 Å². The van der Waals surface area contributed by atoms with Crippen LogP contribution in [0.4, 0.5) is 17.1 Å². The maximum Gasteiger partial charge on any atom is 0.340 e. The van der Waals surface area contributed by atoms with Gasteiger partial charge in [-0.05, 0) is 43.3 Å². The van der Waals surface area contributed by atoms with Gasteiger partial charge in [-0.3, -0.25) is 0 Å². The lowest BCUT2D eigenvalue weighted by Gasteiger charge is -2.12. The molecule has 20 heavy (non-hydrogen) atoms. The number of ether oxygens (including phenoxy) is 1. The predicted octanol–water partition coefficient (Wildman–Crippen LogP) is 3.95. The lowest BCUT2D eigenvalue weighted by atomic mass is 10.1. The molecule has 4 nitrogen and oxygen atoms in total. The van der Waals surface area contributed by atoms with Gasteiger partial charge < -0.3 is 15.8 Å². The number of rotatable bonds is 4. The number of hydrogen-bond donors (Lipinski definition) is 2. The van der Waals surface area contributed by atoms with Crippen molar-refractivity contribution < 1.29 is 9.53 Å². The molecule has 2 rings (SSSR count). The van der Waals surface area contributed by atoms with Crippen LogP contribution in [-0.2, 0) is 4.74 Å². The SMILES string of the molecule is CCOC(=O)c1cccc(Nc2ccc(Br)cc2)c1N. The van der Waals surface area contributed by atoms with E-state index < -0.39 is 5.97 Å². The van der Waals surface area contributed by atoms with Gasteiger partial charge in [0.05, 0.1) is 23.5 Å². The van der Waals surface area contributed by atoms with Crippen LogP contribution in [0.5, 0.6) is 0 Å². The Morgan fingerprint density at radius 1 is 1.25 bits per heavy atom. The molecule has 2 aromatic rings. The molecule has 0 bridgehead atoms. The summed E-state index contributed by atoms with van der Waals surface area (Å²) in [4.78, 5) is 11.8. The van der Waals surface area contributed by atoms with E-state index in [9.17, 15) is 4.79 Å². The summed E-state index contributed by atoms with van der Waals surface area (Å²) in [7, 11) is 0. The van der Waals surface area contributed by atoms with Crippen molar-refractivity contribution in [2.24, 2.45) is 0 Å². The molecule has 0 aliphatic carbocycles. The number of carbonyl (C=O) groups is 1. The number of para-hydroxylation sites is 1. The normalized spacial score (nSPS) is 10.1. The second-order valence-electron chi connectivity index (χ2n) is 4.12. The van der Waals surface area contributed by atoms with Crippen molar-refractivity contribution >= 4 is 39.0 Å². The van der Waals surface area contributed by atoms with E-state index in [1.165, 1.54) is 0 Å². The average molecular weight is 335 g/mol. The molecule has 0 aliphatic heterocycles. The molecule has 0 aromatic heterocycles. The number of nitrogen functional groups attached to an aromatic ring is 1. The minimum absolute atomic E-state index is 0.322. The Kier molecular flexibility index (Phi) is 4.63. The van der Waals surface area contributed by atoms with Crippen molar-refractivity contribution in [3.8, 4) is 0 Å². The maximum atomic E-state index is 11.8. The molecule has 0 atom stereocenters. The van der Waals surface area contributed by atoms with E-state index >= 15 is 0 Å². The number of nitrogens with two attached hydrogens (primary N) is 1. The summed E-state index contributed by atoms with van der Waals surface area (Å²) in [5, 5.41) is 3.18. The van der Waals surface area contributed by atoms with Gasteiger partial charge in [0.2, 0.25) is 0 Å². The standard InChI is InChI=1S/C15H15BrN2O2/c1-2-20-15(19)12-4-3-5-13(14(12)17)18-11-8-6-10(16)7-9-11/h3-9,18H,2,17H2,1H3. The van der Waals surface area contributed by atoms with E-state index in [-0.39, 0.29) is 0 Å². The van der Waals surface area contributed by atoms with Gasteiger partial charge in [0, 0.05) is 10.2 Å². The lowest BCUT2D eigenvalue weighted by Crippen LogP contribution is -2.09. The van der Waals surface area contributed by atoms with Crippen molar-refractivity contribution in [3.05, 3.63) is 52.5 Å². The highest BCUT2D eigenvalue weighted by atomic mass is 79.9. The van der Waals surface area contributed by atoms with Crippen molar-refractivity contribution in [1.29, 1.82) is 0 Å². The molecule has 0 unspecified atom stereocenters. The number of anilines is 3. The average Bonchev–Trinajstić information content (AvgIpc) is 2.44. The van der Waals surface area contributed by atoms with Crippen LogP contribution in [0.25, 0.3) is 0 Å². The minimum atomic E-state index is -0.413. The minimum Gasteiger partial charge on any atom is -0.462 e. The Hall–Kier alpha value is -2.01. The zero-order valence-corrected chi connectivity index (χ0v) is 12.6. The van der Waals surface area contributed by atoms with E-state index in [4.69, 9.17) is 10.5 Å². The maximum absolute atomic E-state index is 11.8. The Bertz CT molecular complexity index is 612. The molecule has 0 saturated heterocycles. The first kappa shape index (κ1) is 14.4. The van der Waals surface area contributed by atoms with Crippen molar-refractivity contribution in [2.75, 3.05) is 17.7 Å². The fourth-order valence-electron chi connectivity index (χ4n) is 1.75. The van der Waals surface area contributed by atoms with E-state index in [1.54, 1.807) is 19.1 Å². The van der Waals surface area contributed by atoms with Gasteiger partial charge in [-0.25, -0.2) is 4.79 Å². The van der Waals surface area contributed by atoms with Gasteiger partial charge in [0.25, 0.3) is 0 Å². The smallest absolute Gasteiger partial charge is 0.340 e. The molecular weight excluding hydrogens is 320 g/mol. The molecule has 0 amide bonds. The van der Waals surface area contributed by atoms with E-state index in [1.807, 2.05) is 30.3 Å². The largest absolute Gasteiger partial charge is 0.462 e. The zero-order valence-electron chi connectivity index (χ0n) is 11.0. The summed E-state index contributed by atoms with van der Waals surface area (Å²) in [5.41, 5.74) is 8.34. The number of nitrogens with one attached hydrogen (secondary N) is 1. The molecule has 0 spiro atoms. The first-order valence-corrected chi connectivity index (χ1v) is 6.99. The molecule has 0 saturated carbocycles. The number of carbonyl (C=O) groups excluding carboxylic acids is 1. The highest BCUT2D eigenvalue weighted by Crippen LogP contribution is 2.27. The molecule has 0 aliphatic rings. The molecule has 5 heteroatoms. The van der Waals surface area contributed by atoms with Gasteiger partial charge in [-0.1, -0.05) is 22.0 Å². The molecule has 104 valence electrons. The lowest BCUT2D eigenvalue weighted by molar-refractivity contribution is 0.0527. The van der Waals surface area contributed by atoms with Gasteiger partial charge >= 0.3 is 5.97 Å². The Morgan fingerprint density at radius 2 is 1.95 bits per heavy atom. The fraction of sp³-hybridized carbons (Fsp3) is 0.133. The van der Waals surface area contributed by atoms with Crippen LogP contribution in [0.15, 0.2) is 46.9 Å². The van der Waals surface area contributed by atoms with Gasteiger partial charge in [0.1, 0.15) is 0 Å². The van der Waals surface area contributed by atoms with E-state index in [2.05, 4.69) is 21.2 Å². The van der Waals surface area contributed by atoms with Crippen molar-refractivity contribution in [2.45, 2.75) is 6.92 Å². The first-order valence-electron chi connectivity index (χ1n) is 6.20. The summed E-state index contributed by atoms with van der Waals surface area (Å²) in [5.74, 6) is -0.413. The number of benzene rings is 2.